The molecule has 6 rings (SSSR count). The molecule has 4 aromatic carbocycles. The van der Waals surface area contributed by atoms with Crippen molar-refractivity contribution in [2.24, 2.45) is 11.8 Å². The Kier molecular flexibility index (Phi) is 5.61. The Morgan fingerprint density at radius 2 is 1.14 bits per heavy atom. The predicted octanol–water partition coefficient (Wildman–Crippen LogP) is 7.40. The van der Waals surface area contributed by atoms with Crippen molar-refractivity contribution in [3.8, 4) is 0 Å². The maximum absolute atomic E-state index is 14.7. The third kappa shape index (κ3) is 3.55. The van der Waals surface area contributed by atoms with Crippen LogP contribution in [-0.4, -0.2) is 11.6 Å². The lowest BCUT2D eigenvalue weighted by Gasteiger charge is -2.36. The van der Waals surface area contributed by atoms with Crippen molar-refractivity contribution in [2.45, 2.75) is 19.3 Å². The zero-order chi connectivity index (χ0) is 25.6. The fraction of sp³-hybridized carbons (Fsp3) is 0.143. The number of Topliss-reactive ketones (excluding diaryl/α,β-unsaturated/α-hetero) is 2. The minimum absolute atomic E-state index is 0.00450. The van der Waals surface area contributed by atoms with Crippen LogP contribution in [0.15, 0.2) is 121 Å². The van der Waals surface area contributed by atoms with Crippen molar-refractivity contribution in [2.75, 3.05) is 0 Å². The monoisotopic (exact) mass is 480 g/mol. The molecule has 180 valence electrons. The number of fused-ring (bicyclic) bond motifs is 3. The molecule has 0 radical (unpaired) electrons. The average Bonchev–Trinajstić information content (AvgIpc) is 3.19. The van der Waals surface area contributed by atoms with Crippen LogP contribution in [0.3, 0.4) is 0 Å². The Balaban J connectivity index is 1.68. The SMILES string of the molecule is C[C@@H]1/C=C(\c2ccccc2)c2ccccc2[C@@]2(C)C(=O)C(c3ccccc3)=C(c3ccccc3)[C@H]2C1=O. The molecule has 2 nitrogen and oxygen atoms in total. The first kappa shape index (κ1) is 23.1. The second-order valence-electron chi connectivity index (χ2n) is 10.2. The van der Waals surface area contributed by atoms with Gasteiger partial charge in [0.15, 0.2) is 5.78 Å². The zero-order valence-corrected chi connectivity index (χ0v) is 21.0. The molecule has 0 saturated carbocycles. The summed E-state index contributed by atoms with van der Waals surface area (Å²) in [6.45, 7) is 3.95. The highest BCUT2D eigenvalue weighted by Crippen LogP contribution is 2.56. The van der Waals surface area contributed by atoms with Gasteiger partial charge in [0.25, 0.3) is 0 Å². The molecule has 37 heavy (non-hydrogen) atoms. The Labute approximate surface area is 218 Å². The molecule has 0 amide bonds. The van der Waals surface area contributed by atoms with E-state index >= 15 is 0 Å². The molecule has 4 aromatic rings. The largest absolute Gasteiger partial charge is 0.298 e. The quantitative estimate of drug-likeness (QED) is 0.306. The molecule has 2 aliphatic carbocycles. The van der Waals surface area contributed by atoms with Crippen molar-refractivity contribution in [1.29, 1.82) is 0 Å². The van der Waals surface area contributed by atoms with E-state index in [0.717, 1.165) is 39.0 Å². The third-order valence-electron chi connectivity index (χ3n) is 7.99. The summed E-state index contributed by atoms with van der Waals surface area (Å²) in [5.41, 5.74) is 6.19. The van der Waals surface area contributed by atoms with E-state index in [9.17, 15) is 9.59 Å². The lowest BCUT2D eigenvalue weighted by molar-refractivity contribution is -0.129. The van der Waals surface area contributed by atoms with E-state index in [1.807, 2.05) is 111 Å². The minimum atomic E-state index is -1.04. The molecule has 0 fully saturated rings. The van der Waals surface area contributed by atoms with Crippen LogP contribution >= 0.6 is 0 Å². The van der Waals surface area contributed by atoms with Crippen molar-refractivity contribution < 1.29 is 9.59 Å². The maximum Gasteiger partial charge on any atom is 0.175 e. The number of carbonyl (C=O) groups is 2. The van der Waals surface area contributed by atoms with Gasteiger partial charge in [-0.15, -0.1) is 0 Å². The Morgan fingerprint density at radius 3 is 1.76 bits per heavy atom. The van der Waals surface area contributed by atoms with Gasteiger partial charge < -0.3 is 0 Å². The number of hydrogen-bond acceptors (Lipinski definition) is 2. The van der Waals surface area contributed by atoms with E-state index < -0.39 is 11.3 Å². The molecular weight excluding hydrogens is 452 g/mol. The first-order valence-electron chi connectivity index (χ1n) is 12.8. The zero-order valence-electron chi connectivity index (χ0n) is 21.0. The number of benzene rings is 4. The number of allylic oxidation sites excluding steroid dienone is 3. The molecule has 0 bridgehead atoms. The van der Waals surface area contributed by atoms with Gasteiger partial charge in [0.05, 0.1) is 11.3 Å². The maximum atomic E-state index is 14.7. The molecule has 0 saturated heterocycles. The highest BCUT2D eigenvalue weighted by Gasteiger charge is 2.57. The Hall–Kier alpha value is -4.30. The Bertz CT molecular complexity index is 1560. The first-order chi connectivity index (χ1) is 18.0. The summed E-state index contributed by atoms with van der Waals surface area (Å²) < 4.78 is 0. The van der Waals surface area contributed by atoms with Crippen molar-refractivity contribution >= 4 is 28.3 Å². The van der Waals surface area contributed by atoms with Crippen molar-refractivity contribution in [3.05, 3.63) is 149 Å². The van der Waals surface area contributed by atoms with E-state index in [2.05, 4.69) is 24.3 Å². The predicted molar refractivity (Wildman–Crippen MR) is 150 cm³/mol. The average molecular weight is 481 g/mol. The van der Waals surface area contributed by atoms with Crippen LogP contribution in [-0.2, 0) is 15.0 Å². The summed E-state index contributed by atoms with van der Waals surface area (Å²) in [5, 5.41) is 0. The summed E-state index contributed by atoms with van der Waals surface area (Å²) in [4.78, 5) is 29.2. The van der Waals surface area contributed by atoms with E-state index in [1.165, 1.54) is 0 Å². The number of ketones is 2. The topological polar surface area (TPSA) is 34.1 Å². The van der Waals surface area contributed by atoms with Crippen LogP contribution in [0.4, 0.5) is 0 Å². The lowest BCUT2D eigenvalue weighted by atomic mass is 9.63. The molecule has 0 spiro atoms. The van der Waals surface area contributed by atoms with Gasteiger partial charge >= 0.3 is 0 Å². The first-order valence-corrected chi connectivity index (χ1v) is 12.8. The van der Waals surface area contributed by atoms with Gasteiger partial charge in [-0.05, 0) is 45.9 Å². The molecule has 2 aliphatic rings. The molecule has 0 aromatic heterocycles. The van der Waals surface area contributed by atoms with Gasteiger partial charge in [-0.25, -0.2) is 0 Å². The van der Waals surface area contributed by atoms with Crippen LogP contribution in [0.25, 0.3) is 16.7 Å². The molecule has 3 atom stereocenters. The normalized spacial score (nSPS) is 24.5. The number of hydrogen-bond donors (Lipinski definition) is 0. The fourth-order valence-electron chi connectivity index (χ4n) is 6.20. The van der Waals surface area contributed by atoms with E-state index in [4.69, 9.17) is 0 Å². The molecule has 0 N–H and O–H groups in total. The van der Waals surface area contributed by atoms with Gasteiger partial charge in [0, 0.05) is 11.5 Å². The molecule has 0 unspecified atom stereocenters. The molecule has 0 heterocycles. The second-order valence-corrected chi connectivity index (χ2v) is 10.2. The summed E-state index contributed by atoms with van der Waals surface area (Å²) in [6, 6.07) is 38.1. The minimum Gasteiger partial charge on any atom is -0.298 e. The van der Waals surface area contributed by atoms with Gasteiger partial charge in [-0.2, -0.15) is 0 Å². The molecular formula is C35H28O2. The summed E-state index contributed by atoms with van der Waals surface area (Å²) in [6.07, 6.45) is 2.09. The number of rotatable bonds is 3. The summed E-state index contributed by atoms with van der Waals surface area (Å²) >= 11 is 0. The highest BCUT2D eigenvalue weighted by molar-refractivity contribution is 6.38. The van der Waals surface area contributed by atoms with Crippen LogP contribution in [0.1, 0.15) is 41.7 Å². The molecule has 2 heteroatoms. The summed E-state index contributed by atoms with van der Waals surface area (Å²) in [7, 11) is 0. The van der Waals surface area contributed by atoms with Gasteiger partial charge in [0.2, 0.25) is 0 Å². The van der Waals surface area contributed by atoms with Crippen LogP contribution < -0.4 is 0 Å². The standard InChI is InChI=1S/C35H28O2/c1-23-22-28(24-14-6-3-7-15-24)27-20-12-13-21-29(27)35(2)32(33(23)36)30(25-16-8-4-9-17-25)31(34(35)37)26-18-10-5-11-19-26/h3-23,32H,1-2H3/b28-22+/t23-,32+,35-/m1/s1. The lowest BCUT2D eigenvalue weighted by Crippen LogP contribution is -2.43. The summed E-state index contributed by atoms with van der Waals surface area (Å²) in [5.74, 6) is -0.884. The van der Waals surface area contributed by atoms with Gasteiger partial charge in [-0.3, -0.25) is 9.59 Å². The smallest absolute Gasteiger partial charge is 0.175 e. The van der Waals surface area contributed by atoms with Gasteiger partial charge in [-0.1, -0.05) is 128 Å². The van der Waals surface area contributed by atoms with E-state index in [1.54, 1.807) is 0 Å². The van der Waals surface area contributed by atoms with Gasteiger partial charge in [0.1, 0.15) is 5.78 Å². The number of carbonyl (C=O) groups excluding carboxylic acids is 2. The fourth-order valence-corrected chi connectivity index (χ4v) is 6.20. The van der Waals surface area contributed by atoms with Crippen molar-refractivity contribution in [3.63, 3.8) is 0 Å². The second kappa shape index (κ2) is 8.97. The van der Waals surface area contributed by atoms with Crippen molar-refractivity contribution in [1.82, 2.24) is 0 Å². The molecule has 0 aliphatic heterocycles. The van der Waals surface area contributed by atoms with E-state index in [-0.39, 0.29) is 17.5 Å². The van der Waals surface area contributed by atoms with Crippen LogP contribution in [0.5, 0.6) is 0 Å². The third-order valence-corrected chi connectivity index (χ3v) is 7.99. The Morgan fingerprint density at radius 1 is 0.622 bits per heavy atom. The van der Waals surface area contributed by atoms with Crippen LogP contribution in [0, 0.1) is 11.8 Å². The highest BCUT2D eigenvalue weighted by atomic mass is 16.1. The van der Waals surface area contributed by atoms with Crippen LogP contribution in [0.2, 0.25) is 0 Å². The van der Waals surface area contributed by atoms with E-state index in [0.29, 0.717) is 5.57 Å².